The van der Waals surface area contributed by atoms with Crippen molar-refractivity contribution < 1.29 is 14.3 Å². The lowest BCUT2D eigenvalue weighted by atomic mass is 9.97. The Morgan fingerprint density at radius 1 is 1.23 bits per heavy atom. The zero-order valence-electron chi connectivity index (χ0n) is 12.5. The number of amides is 1. The van der Waals surface area contributed by atoms with Crippen molar-refractivity contribution in [3.63, 3.8) is 0 Å². The van der Waals surface area contributed by atoms with Crippen molar-refractivity contribution in [3.8, 4) is 11.5 Å². The van der Waals surface area contributed by atoms with Gasteiger partial charge in [0.25, 0.3) is 0 Å². The average Bonchev–Trinajstić information content (AvgIpc) is 2.55. The Kier molecular flexibility index (Phi) is 6.23. The molecule has 2 aliphatic rings. The molecule has 22 heavy (non-hydrogen) atoms. The molecule has 2 heterocycles. The highest BCUT2D eigenvalue weighted by Gasteiger charge is 2.23. The van der Waals surface area contributed by atoms with E-state index in [1.807, 2.05) is 18.4 Å². The summed E-state index contributed by atoms with van der Waals surface area (Å²) in [7, 11) is 0. The maximum Gasteiger partial charge on any atom is 0.227 e. The summed E-state index contributed by atoms with van der Waals surface area (Å²) in [5.41, 5.74) is 0.815. The van der Waals surface area contributed by atoms with E-state index in [1.54, 1.807) is 11.8 Å². The molecule has 0 aliphatic carbocycles. The van der Waals surface area contributed by atoms with Gasteiger partial charge in [-0.3, -0.25) is 4.79 Å². The third kappa shape index (κ3) is 3.80. The first-order valence-electron chi connectivity index (χ1n) is 7.27. The molecule has 5 nitrogen and oxygen atoms in total. The summed E-state index contributed by atoms with van der Waals surface area (Å²) >= 11 is 1.59. The maximum absolute atomic E-state index is 12.4. The number of fused-ring (bicyclic) bond motifs is 1. The number of carbonyl (C=O) groups excluding carboxylic acids is 1. The molecule has 1 saturated heterocycles. The summed E-state index contributed by atoms with van der Waals surface area (Å²) in [6.45, 7) is 2.94. The first-order chi connectivity index (χ1) is 10.3. The van der Waals surface area contributed by atoms with E-state index < -0.39 is 0 Å². The molecule has 122 valence electrons. The number of ether oxygens (including phenoxy) is 2. The molecule has 7 heteroatoms. The van der Waals surface area contributed by atoms with Crippen LogP contribution in [0, 0.1) is 5.92 Å². The van der Waals surface area contributed by atoms with Gasteiger partial charge in [0, 0.05) is 16.9 Å². The average molecular weight is 345 g/mol. The van der Waals surface area contributed by atoms with Crippen LogP contribution in [0.5, 0.6) is 11.5 Å². The number of piperidine rings is 1. The van der Waals surface area contributed by atoms with Crippen LogP contribution in [-0.2, 0) is 4.79 Å². The lowest BCUT2D eigenvalue weighted by molar-refractivity contribution is -0.120. The fourth-order valence-corrected chi connectivity index (χ4v) is 3.21. The van der Waals surface area contributed by atoms with Crippen LogP contribution in [0.25, 0.3) is 0 Å². The van der Waals surface area contributed by atoms with Crippen LogP contribution in [-0.4, -0.2) is 38.5 Å². The van der Waals surface area contributed by atoms with Gasteiger partial charge < -0.3 is 20.1 Å². The minimum Gasteiger partial charge on any atom is -0.486 e. The van der Waals surface area contributed by atoms with E-state index in [2.05, 4.69) is 10.6 Å². The van der Waals surface area contributed by atoms with E-state index in [-0.39, 0.29) is 24.2 Å². The molecule has 1 fully saturated rings. The Bertz CT molecular complexity index is 536. The van der Waals surface area contributed by atoms with Gasteiger partial charge in [0.1, 0.15) is 13.2 Å². The lowest BCUT2D eigenvalue weighted by Gasteiger charge is -2.24. The standard InChI is InChI=1S/C15H20N2O3S.ClH/c1-21-14-9-13-12(19-6-7-20-13)8-11(14)17-15(18)10-2-4-16-5-3-10;/h8-10,16H,2-7H2,1H3,(H,17,18);1H. The number of hydrogen-bond donors (Lipinski definition) is 2. The van der Waals surface area contributed by atoms with Gasteiger partial charge in [-0.2, -0.15) is 0 Å². The third-order valence-corrected chi connectivity index (χ3v) is 4.61. The van der Waals surface area contributed by atoms with E-state index in [1.165, 1.54) is 0 Å². The minimum absolute atomic E-state index is 0. The van der Waals surface area contributed by atoms with E-state index in [9.17, 15) is 4.79 Å². The van der Waals surface area contributed by atoms with Crippen molar-refractivity contribution in [2.24, 2.45) is 5.92 Å². The van der Waals surface area contributed by atoms with Gasteiger partial charge in [0.2, 0.25) is 5.91 Å². The monoisotopic (exact) mass is 344 g/mol. The Morgan fingerprint density at radius 3 is 2.50 bits per heavy atom. The smallest absolute Gasteiger partial charge is 0.227 e. The molecule has 0 bridgehead atoms. The van der Waals surface area contributed by atoms with Gasteiger partial charge in [0.15, 0.2) is 11.5 Å². The maximum atomic E-state index is 12.4. The van der Waals surface area contributed by atoms with Crippen LogP contribution in [0.2, 0.25) is 0 Å². The normalized spacial score (nSPS) is 17.5. The quantitative estimate of drug-likeness (QED) is 0.825. The molecule has 1 aromatic carbocycles. The molecule has 0 spiro atoms. The zero-order chi connectivity index (χ0) is 14.7. The summed E-state index contributed by atoms with van der Waals surface area (Å²) in [5, 5.41) is 6.33. The molecule has 2 N–H and O–H groups in total. The molecule has 1 amide bonds. The Labute approximate surface area is 140 Å². The van der Waals surface area contributed by atoms with Gasteiger partial charge in [-0.1, -0.05) is 0 Å². The second-order valence-electron chi connectivity index (χ2n) is 5.21. The summed E-state index contributed by atoms with van der Waals surface area (Å²) < 4.78 is 11.2. The van der Waals surface area contributed by atoms with Gasteiger partial charge in [0.05, 0.1) is 5.69 Å². The van der Waals surface area contributed by atoms with Crippen LogP contribution in [0.1, 0.15) is 12.8 Å². The fourth-order valence-electron chi connectivity index (χ4n) is 2.66. The molecular formula is C15H21ClN2O3S. The second-order valence-corrected chi connectivity index (χ2v) is 6.06. The summed E-state index contributed by atoms with van der Waals surface area (Å²) in [5.74, 6) is 1.66. The van der Waals surface area contributed by atoms with Crippen LogP contribution >= 0.6 is 24.2 Å². The van der Waals surface area contributed by atoms with Gasteiger partial charge in [-0.15, -0.1) is 24.2 Å². The topological polar surface area (TPSA) is 59.6 Å². The lowest BCUT2D eigenvalue weighted by Crippen LogP contribution is -2.34. The van der Waals surface area contributed by atoms with Gasteiger partial charge >= 0.3 is 0 Å². The molecule has 0 radical (unpaired) electrons. The van der Waals surface area contributed by atoms with Crippen LogP contribution in [0.3, 0.4) is 0 Å². The third-order valence-electron chi connectivity index (χ3n) is 3.83. The minimum atomic E-state index is 0. The van der Waals surface area contributed by atoms with Crippen molar-refractivity contribution in [1.82, 2.24) is 5.32 Å². The molecule has 0 saturated carbocycles. The molecule has 0 aromatic heterocycles. The number of thioether (sulfide) groups is 1. The summed E-state index contributed by atoms with van der Waals surface area (Å²) in [6, 6.07) is 3.82. The van der Waals surface area contributed by atoms with E-state index >= 15 is 0 Å². The Hall–Kier alpha value is -1.11. The molecule has 0 atom stereocenters. The van der Waals surface area contributed by atoms with Crippen molar-refractivity contribution in [1.29, 1.82) is 0 Å². The number of anilines is 1. The van der Waals surface area contributed by atoms with Crippen LogP contribution in [0.15, 0.2) is 17.0 Å². The molecule has 3 rings (SSSR count). The predicted octanol–water partition coefficient (Wildman–Crippen LogP) is 2.54. The van der Waals surface area contributed by atoms with E-state index in [0.717, 1.165) is 42.3 Å². The molecular weight excluding hydrogens is 324 g/mol. The highest BCUT2D eigenvalue weighted by atomic mass is 35.5. The Morgan fingerprint density at radius 2 is 1.86 bits per heavy atom. The number of nitrogens with one attached hydrogen (secondary N) is 2. The van der Waals surface area contributed by atoms with Gasteiger partial charge in [-0.05, 0) is 38.3 Å². The number of hydrogen-bond acceptors (Lipinski definition) is 5. The van der Waals surface area contributed by atoms with Crippen molar-refractivity contribution in [2.75, 3.05) is 37.9 Å². The molecule has 0 unspecified atom stereocenters. The van der Waals surface area contributed by atoms with E-state index in [0.29, 0.717) is 19.0 Å². The first kappa shape index (κ1) is 17.2. The number of carbonyl (C=O) groups is 1. The molecule has 1 aromatic rings. The highest BCUT2D eigenvalue weighted by Crippen LogP contribution is 2.39. The van der Waals surface area contributed by atoms with Gasteiger partial charge in [-0.25, -0.2) is 0 Å². The number of benzene rings is 1. The number of halogens is 1. The van der Waals surface area contributed by atoms with Crippen molar-refractivity contribution in [2.45, 2.75) is 17.7 Å². The zero-order valence-corrected chi connectivity index (χ0v) is 14.1. The van der Waals surface area contributed by atoms with E-state index in [4.69, 9.17) is 9.47 Å². The van der Waals surface area contributed by atoms with Crippen LogP contribution < -0.4 is 20.1 Å². The van der Waals surface area contributed by atoms with Crippen LogP contribution in [0.4, 0.5) is 5.69 Å². The first-order valence-corrected chi connectivity index (χ1v) is 8.49. The SMILES string of the molecule is CSc1cc2c(cc1NC(=O)C1CCNCC1)OCCO2.Cl. The second kappa shape index (κ2) is 7.94. The largest absolute Gasteiger partial charge is 0.486 e. The van der Waals surface area contributed by atoms with Crippen molar-refractivity contribution >= 4 is 35.8 Å². The fraction of sp³-hybridized carbons (Fsp3) is 0.533. The molecule has 2 aliphatic heterocycles. The number of rotatable bonds is 3. The summed E-state index contributed by atoms with van der Waals surface area (Å²) in [6.07, 6.45) is 3.78. The van der Waals surface area contributed by atoms with Crippen molar-refractivity contribution in [3.05, 3.63) is 12.1 Å². The predicted molar refractivity (Wildman–Crippen MR) is 90.7 cm³/mol. The highest BCUT2D eigenvalue weighted by molar-refractivity contribution is 7.98. The summed E-state index contributed by atoms with van der Waals surface area (Å²) in [4.78, 5) is 13.4. The Balaban J connectivity index is 0.00000176.